The molecular weight excluding hydrogens is 334 g/mol. The number of hydrogen-bond acceptors (Lipinski definition) is 3. The van der Waals surface area contributed by atoms with Crippen molar-refractivity contribution in [2.75, 3.05) is 20.6 Å². The normalized spacial score (nSPS) is 31.3. The fourth-order valence-corrected chi connectivity index (χ4v) is 4.63. The first-order chi connectivity index (χ1) is 12.9. The van der Waals surface area contributed by atoms with Gasteiger partial charge in [0.2, 0.25) is 0 Å². The maximum Gasteiger partial charge on any atom is 0.0755 e. The van der Waals surface area contributed by atoms with Gasteiger partial charge < -0.3 is 15.1 Å². The molecule has 0 aromatic carbocycles. The van der Waals surface area contributed by atoms with E-state index in [1.165, 1.54) is 19.3 Å². The van der Waals surface area contributed by atoms with E-state index >= 15 is 0 Å². The SMILES string of the molecule is CC#CC[C@@H](C)[C@H](O)C=C[C@@H]1[C@H]2CC(=CCCCCN(C)C)C[C@H]2C[C@H]1O. The predicted octanol–water partition coefficient (Wildman–Crippen LogP) is 4.02. The molecule has 2 N–H and O–H groups in total. The molecule has 2 aliphatic carbocycles. The van der Waals surface area contributed by atoms with Crippen molar-refractivity contribution in [2.45, 2.75) is 71.0 Å². The molecule has 0 bridgehead atoms. The maximum atomic E-state index is 10.5. The topological polar surface area (TPSA) is 43.7 Å². The minimum Gasteiger partial charge on any atom is -0.392 e. The van der Waals surface area contributed by atoms with Crippen LogP contribution in [0.2, 0.25) is 0 Å². The highest BCUT2D eigenvalue weighted by Gasteiger charge is 2.44. The second kappa shape index (κ2) is 11.1. The van der Waals surface area contributed by atoms with Crippen LogP contribution in [0, 0.1) is 35.5 Å². The van der Waals surface area contributed by atoms with Crippen molar-refractivity contribution in [3.05, 3.63) is 23.8 Å². The Bertz CT molecular complexity index is 569. The molecular formula is C24H39NO2. The number of allylic oxidation sites excluding steroid dienone is 2. The molecule has 152 valence electrons. The molecule has 0 amide bonds. The van der Waals surface area contributed by atoms with Gasteiger partial charge in [0.05, 0.1) is 12.2 Å². The smallest absolute Gasteiger partial charge is 0.0755 e. The fraction of sp³-hybridized carbons (Fsp3) is 0.750. The molecule has 6 atom stereocenters. The highest BCUT2D eigenvalue weighted by Crippen LogP contribution is 2.50. The summed E-state index contributed by atoms with van der Waals surface area (Å²) >= 11 is 0. The van der Waals surface area contributed by atoms with Gasteiger partial charge in [-0.1, -0.05) is 30.7 Å². The molecule has 0 aliphatic heterocycles. The van der Waals surface area contributed by atoms with Crippen molar-refractivity contribution in [2.24, 2.45) is 23.7 Å². The molecule has 3 heteroatoms. The molecule has 2 saturated carbocycles. The third kappa shape index (κ3) is 6.79. The van der Waals surface area contributed by atoms with Gasteiger partial charge >= 0.3 is 0 Å². The van der Waals surface area contributed by atoms with Crippen LogP contribution in [0.4, 0.5) is 0 Å². The zero-order valence-corrected chi connectivity index (χ0v) is 17.7. The monoisotopic (exact) mass is 373 g/mol. The Kier molecular flexibility index (Phi) is 9.09. The van der Waals surface area contributed by atoms with Crippen molar-refractivity contribution < 1.29 is 10.2 Å². The molecule has 0 saturated heterocycles. The molecule has 0 aromatic heterocycles. The molecule has 3 nitrogen and oxygen atoms in total. The molecule has 2 rings (SSSR count). The number of hydrogen-bond donors (Lipinski definition) is 2. The Hall–Kier alpha value is -1.08. The lowest BCUT2D eigenvalue weighted by Gasteiger charge is -2.19. The minimum atomic E-state index is -0.481. The number of fused-ring (bicyclic) bond motifs is 1. The second-order valence-corrected chi connectivity index (χ2v) is 8.86. The standard InChI is InChI=1S/C24H39NO2/c1-5-6-10-18(2)23(26)13-12-21-22-16-19(15-20(22)17-24(21)27)11-8-7-9-14-25(3)4/h11-13,18,20-24,26-27H,7-10,14-17H2,1-4H3/t18-,20+,21-,22+,23-,24-/m1/s1. The van der Waals surface area contributed by atoms with E-state index in [0.717, 1.165) is 25.8 Å². The highest BCUT2D eigenvalue weighted by atomic mass is 16.3. The Morgan fingerprint density at radius 2 is 2.04 bits per heavy atom. The summed E-state index contributed by atoms with van der Waals surface area (Å²) in [5.41, 5.74) is 1.59. The van der Waals surface area contributed by atoms with Crippen molar-refractivity contribution in [3.8, 4) is 11.8 Å². The molecule has 0 radical (unpaired) electrons. The first-order valence-electron chi connectivity index (χ1n) is 10.7. The van der Waals surface area contributed by atoms with Crippen LogP contribution in [-0.4, -0.2) is 48.0 Å². The fourth-order valence-electron chi connectivity index (χ4n) is 4.63. The molecule has 2 aliphatic rings. The van der Waals surface area contributed by atoms with Gasteiger partial charge in [-0.3, -0.25) is 0 Å². The van der Waals surface area contributed by atoms with Crippen molar-refractivity contribution in [1.82, 2.24) is 4.90 Å². The van der Waals surface area contributed by atoms with E-state index in [1.807, 2.05) is 19.9 Å². The first-order valence-corrected chi connectivity index (χ1v) is 10.7. The third-order valence-electron chi connectivity index (χ3n) is 6.32. The van der Waals surface area contributed by atoms with Crippen LogP contribution in [0.15, 0.2) is 23.8 Å². The van der Waals surface area contributed by atoms with E-state index in [1.54, 1.807) is 5.57 Å². The average molecular weight is 374 g/mol. The van der Waals surface area contributed by atoms with Gasteiger partial charge in [0.1, 0.15) is 0 Å². The summed E-state index contributed by atoms with van der Waals surface area (Å²) < 4.78 is 0. The number of aliphatic hydroxyl groups is 2. The largest absolute Gasteiger partial charge is 0.392 e. The summed E-state index contributed by atoms with van der Waals surface area (Å²) in [6.07, 6.45) is 13.3. The van der Waals surface area contributed by atoms with Crippen LogP contribution in [0.3, 0.4) is 0 Å². The highest BCUT2D eigenvalue weighted by molar-refractivity contribution is 5.18. The quantitative estimate of drug-likeness (QED) is 0.364. The number of unbranched alkanes of at least 4 members (excludes halogenated alkanes) is 2. The molecule has 2 fully saturated rings. The van der Waals surface area contributed by atoms with E-state index in [4.69, 9.17) is 0 Å². The van der Waals surface area contributed by atoms with E-state index in [2.05, 4.69) is 43.0 Å². The third-order valence-corrected chi connectivity index (χ3v) is 6.32. The number of nitrogens with zero attached hydrogens (tertiary/aromatic N) is 1. The van der Waals surface area contributed by atoms with E-state index < -0.39 is 6.10 Å². The van der Waals surface area contributed by atoms with Gasteiger partial charge in [0, 0.05) is 12.3 Å². The van der Waals surface area contributed by atoms with E-state index in [9.17, 15) is 10.2 Å². The average Bonchev–Trinajstić information content (AvgIpc) is 3.13. The van der Waals surface area contributed by atoms with Crippen LogP contribution < -0.4 is 0 Å². The number of aliphatic hydroxyl groups excluding tert-OH is 2. The second-order valence-electron chi connectivity index (χ2n) is 8.86. The summed E-state index contributed by atoms with van der Waals surface area (Å²) in [5.74, 6) is 7.40. The van der Waals surface area contributed by atoms with Crippen molar-refractivity contribution >= 4 is 0 Å². The summed E-state index contributed by atoms with van der Waals surface area (Å²) in [6, 6.07) is 0. The lowest BCUT2D eigenvalue weighted by molar-refractivity contribution is 0.137. The first kappa shape index (κ1) is 22.2. The number of rotatable bonds is 9. The zero-order chi connectivity index (χ0) is 19.8. The van der Waals surface area contributed by atoms with Crippen LogP contribution in [0.25, 0.3) is 0 Å². The molecule has 0 heterocycles. The van der Waals surface area contributed by atoms with Gasteiger partial charge in [-0.15, -0.1) is 11.8 Å². The van der Waals surface area contributed by atoms with E-state index in [0.29, 0.717) is 18.3 Å². The van der Waals surface area contributed by atoms with Crippen LogP contribution >= 0.6 is 0 Å². The minimum absolute atomic E-state index is 0.129. The van der Waals surface area contributed by atoms with Gasteiger partial charge in [0.15, 0.2) is 0 Å². The summed E-state index contributed by atoms with van der Waals surface area (Å²) in [6.45, 7) is 5.02. The predicted molar refractivity (Wildman–Crippen MR) is 113 cm³/mol. The van der Waals surface area contributed by atoms with Gasteiger partial charge in [-0.05, 0) is 83.8 Å². The lowest BCUT2D eigenvalue weighted by atomic mass is 9.89. The molecule has 27 heavy (non-hydrogen) atoms. The maximum absolute atomic E-state index is 10.5. The van der Waals surface area contributed by atoms with Gasteiger partial charge in [-0.2, -0.15) is 0 Å². The van der Waals surface area contributed by atoms with Crippen LogP contribution in [0.1, 0.15) is 58.8 Å². The lowest BCUT2D eigenvalue weighted by Crippen LogP contribution is -2.19. The van der Waals surface area contributed by atoms with Crippen molar-refractivity contribution in [1.29, 1.82) is 0 Å². The molecule has 0 spiro atoms. The van der Waals surface area contributed by atoms with Crippen LogP contribution in [-0.2, 0) is 0 Å². The summed E-state index contributed by atoms with van der Waals surface area (Å²) in [5, 5.41) is 20.8. The van der Waals surface area contributed by atoms with Crippen LogP contribution in [0.5, 0.6) is 0 Å². The van der Waals surface area contributed by atoms with Gasteiger partial charge in [-0.25, -0.2) is 0 Å². The Morgan fingerprint density at radius 3 is 2.74 bits per heavy atom. The Labute approximate surface area is 166 Å². The molecule has 0 unspecified atom stereocenters. The molecule has 0 aromatic rings. The van der Waals surface area contributed by atoms with Gasteiger partial charge in [0.25, 0.3) is 0 Å². The Balaban J connectivity index is 1.85. The van der Waals surface area contributed by atoms with Crippen molar-refractivity contribution in [3.63, 3.8) is 0 Å². The van der Waals surface area contributed by atoms with E-state index in [-0.39, 0.29) is 17.9 Å². The summed E-state index contributed by atoms with van der Waals surface area (Å²) in [7, 11) is 4.26. The Morgan fingerprint density at radius 1 is 1.26 bits per heavy atom. The summed E-state index contributed by atoms with van der Waals surface area (Å²) in [4.78, 5) is 2.25. The zero-order valence-electron chi connectivity index (χ0n) is 17.7.